The Morgan fingerprint density at radius 1 is 0.739 bits per heavy atom. The van der Waals surface area contributed by atoms with Crippen LogP contribution in [0.15, 0.2) is 42.1 Å². The van der Waals surface area contributed by atoms with E-state index >= 15 is 0 Å². The van der Waals surface area contributed by atoms with E-state index in [0.717, 1.165) is 0 Å². The van der Waals surface area contributed by atoms with Gasteiger partial charge in [-0.2, -0.15) is 0 Å². The zero-order valence-corrected chi connectivity index (χ0v) is 22.5. The molecule has 0 radical (unpaired) electrons. The van der Waals surface area contributed by atoms with Gasteiger partial charge in [0.15, 0.2) is 0 Å². The van der Waals surface area contributed by atoms with Crippen molar-refractivity contribution in [1.29, 1.82) is 0 Å². The molecule has 0 bridgehead atoms. The molecule has 128 valence electrons. The first-order valence-corrected chi connectivity index (χ1v) is 19.2. The minimum Gasteiger partial charge on any atom is -1.00 e. The van der Waals surface area contributed by atoms with Crippen LogP contribution in [0.25, 0.3) is 0 Å². The third-order valence-electron chi connectivity index (χ3n) is 3.80. The van der Waals surface area contributed by atoms with Crippen molar-refractivity contribution in [3.05, 3.63) is 42.1 Å². The van der Waals surface area contributed by atoms with Gasteiger partial charge in [-0.3, -0.25) is 0 Å². The molecule has 0 N–H and O–H groups in total. The summed E-state index contributed by atoms with van der Waals surface area (Å²) in [7, 11) is -1.96. The normalized spacial score (nSPS) is 17.3. The van der Waals surface area contributed by atoms with Crippen molar-refractivity contribution in [2.45, 2.75) is 64.2 Å². The second kappa shape index (κ2) is 9.52. The first-order chi connectivity index (χ1) is 9.64. The summed E-state index contributed by atoms with van der Waals surface area (Å²) in [5.41, 5.74) is 3.51. The molecule has 0 aromatic carbocycles. The van der Waals surface area contributed by atoms with E-state index in [0.29, 0.717) is 0 Å². The molecule has 5 heteroatoms. The molecule has 2 aliphatic rings. The summed E-state index contributed by atoms with van der Waals surface area (Å²) in [6, 6.07) is 2.80. The first kappa shape index (κ1) is 23.8. The van der Waals surface area contributed by atoms with Gasteiger partial charge >= 0.3 is 145 Å². The van der Waals surface area contributed by atoms with Crippen LogP contribution >= 0.6 is 0 Å². The second-order valence-electron chi connectivity index (χ2n) is 8.82. The molecule has 0 nitrogen and oxygen atoms in total. The molecular formula is C18H30Cl2HfSi2. The van der Waals surface area contributed by atoms with Gasteiger partial charge in [0.1, 0.15) is 0 Å². The topological polar surface area (TPSA) is 0 Å². The van der Waals surface area contributed by atoms with Crippen molar-refractivity contribution in [2.75, 3.05) is 0 Å². The number of halogens is 2. The average molecular weight is 552 g/mol. The fraction of sp³-hybridized carbons (Fsp3) is 0.556. The molecule has 2 rings (SSSR count). The van der Waals surface area contributed by atoms with Crippen molar-refractivity contribution in [1.82, 2.24) is 0 Å². The zero-order valence-electron chi connectivity index (χ0n) is 15.4. The molecule has 0 aromatic rings. The molecule has 0 heterocycles. The summed E-state index contributed by atoms with van der Waals surface area (Å²) in [4.78, 5) is 0. The van der Waals surface area contributed by atoms with Crippen LogP contribution in [0.3, 0.4) is 0 Å². The van der Waals surface area contributed by atoms with Gasteiger partial charge in [-0.1, -0.05) is 0 Å². The standard InChI is InChI=1S/2C9H15Si.2ClH.Hf/c2*1-10(2,3)8-9-6-4-5-7-9;;;/h2*4,6H,5,8H2,1-3H3;2*1H;/q;;;;+2/p-2. The van der Waals surface area contributed by atoms with Crippen molar-refractivity contribution >= 4 is 16.1 Å². The van der Waals surface area contributed by atoms with E-state index in [1.807, 2.05) is 6.66 Å². The van der Waals surface area contributed by atoms with Crippen molar-refractivity contribution in [2.24, 2.45) is 0 Å². The maximum Gasteiger partial charge on any atom is -1.00 e. The van der Waals surface area contributed by atoms with Crippen LogP contribution in [0, 0.1) is 0 Å². The number of hydrogen-bond acceptors (Lipinski definition) is 0. The summed E-state index contributed by atoms with van der Waals surface area (Å²) in [6.07, 6.45) is 12.3. The predicted molar refractivity (Wildman–Crippen MR) is 97.9 cm³/mol. The van der Waals surface area contributed by atoms with Crippen molar-refractivity contribution < 1.29 is 47.7 Å². The summed E-state index contributed by atoms with van der Waals surface area (Å²) in [5.74, 6) is 0. The summed E-state index contributed by atoms with van der Waals surface area (Å²) >= 11 is -0.760. The van der Waals surface area contributed by atoms with E-state index in [2.05, 4.69) is 63.6 Å². The van der Waals surface area contributed by atoms with E-state index in [1.165, 1.54) is 24.9 Å². The Hall–Kier alpha value is 0.844. The quantitative estimate of drug-likeness (QED) is 0.414. The first-order valence-electron chi connectivity index (χ1n) is 8.18. The fourth-order valence-corrected chi connectivity index (χ4v) is 12.5. The molecule has 0 saturated carbocycles. The van der Waals surface area contributed by atoms with E-state index in [4.69, 9.17) is 0 Å². The molecule has 23 heavy (non-hydrogen) atoms. The zero-order chi connectivity index (χ0) is 15.7. The van der Waals surface area contributed by atoms with Gasteiger partial charge in [0.2, 0.25) is 0 Å². The maximum absolute atomic E-state index is 2.50. The summed E-state index contributed by atoms with van der Waals surface area (Å²) in [5, 5.41) is 0. The number of allylic oxidation sites excluding steroid dienone is 8. The molecule has 0 spiro atoms. The van der Waals surface area contributed by atoms with Gasteiger partial charge in [0.05, 0.1) is 0 Å². The number of rotatable bonds is 6. The Morgan fingerprint density at radius 2 is 1.09 bits per heavy atom. The van der Waals surface area contributed by atoms with Crippen LogP contribution in [-0.4, -0.2) is 16.1 Å². The Balaban J connectivity index is 0.00000242. The van der Waals surface area contributed by atoms with Crippen LogP contribution in [-0.2, 0) is 22.9 Å². The Labute approximate surface area is 169 Å². The summed E-state index contributed by atoms with van der Waals surface area (Å²) < 4.78 is 3.81. The number of hydrogen-bond donors (Lipinski definition) is 0. The van der Waals surface area contributed by atoms with Gasteiger partial charge < -0.3 is 24.8 Å². The fourth-order valence-electron chi connectivity index (χ4n) is 3.02. The molecular weight excluding hydrogens is 522 g/mol. The molecule has 0 fully saturated rings. The van der Waals surface area contributed by atoms with Crippen LogP contribution in [0.4, 0.5) is 0 Å². The monoisotopic (exact) mass is 552 g/mol. The van der Waals surface area contributed by atoms with Gasteiger partial charge in [0, 0.05) is 0 Å². The second-order valence-corrected chi connectivity index (χ2v) is 25.0. The summed E-state index contributed by atoms with van der Waals surface area (Å²) in [6.45, 7) is 15.0. The Morgan fingerprint density at radius 3 is 1.39 bits per heavy atom. The SMILES string of the molecule is C[Si](C)(C)CC1=[C]([Hf+2][C]2=C(C[Si](C)(C)C)C=CC2)CC=C1.[Cl-].[Cl-]. The average Bonchev–Trinajstić information content (AvgIpc) is 2.86. The largest absolute Gasteiger partial charge is 1.00 e. The van der Waals surface area contributed by atoms with Gasteiger partial charge in [-0.25, -0.2) is 0 Å². The molecule has 0 aliphatic heterocycles. The smallest absolute Gasteiger partial charge is 1.00 e. The maximum atomic E-state index is 2.50. The molecule has 0 saturated heterocycles. The molecule has 0 amide bonds. The molecule has 2 aliphatic carbocycles. The van der Waals surface area contributed by atoms with Crippen molar-refractivity contribution in [3.63, 3.8) is 0 Å². The third-order valence-corrected chi connectivity index (χ3v) is 12.6. The van der Waals surface area contributed by atoms with Crippen molar-refractivity contribution in [3.8, 4) is 0 Å². The Kier molecular flexibility index (Phi) is 9.87. The molecule has 0 atom stereocenters. The van der Waals surface area contributed by atoms with Crippen LogP contribution in [0.5, 0.6) is 0 Å². The predicted octanol–water partition coefficient (Wildman–Crippen LogP) is 0.181. The third kappa shape index (κ3) is 8.17. The van der Waals surface area contributed by atoms with Crippen LogP contribution in [0.2, 0.25) is 51.4 Å². The van der Waals surface area contributed by atoms with Gasteiger partial charge in [-0.05, 0) is 0 Å². The van der Waals surface area contributed by atoms with Crippen LogP contribution in [0.1, 0.15) is 12.8 Å². The van der Waals surface area contributed by atoms with E-state index < -0.39 is 39.1 Å². The minimum atomic E-state index is -0.978. The Bertz CT molecular complexity index is 484. The van der Waals surface area contributed by atoms with Gasteiger partial charge in [-0.15, -0.1) is 0 Å². The molecule has 0 unspecified atom stereocenters. The van der Waals surface area contributed by atoms with E-state index in [1.54, 1.807) is 11.1 Å². The minimum absolute atomic E-state index is 0. The molecule has 0 aromatic heterocycles. The van der Waals surface area contributed by atoms with E-state index in [9.17, 15) is 0 Å². The van der Waals surface area contributed by atoms with E-state index in [-0.39, 0.29) is 24.8 Å². The van der Waals surface area contributed by atoms with Crippen LogP contribution < -0.4 is 24.8 Å². The van der Waals surface area contributed by atoms with Gasteiger partial charge in [0.25, 0.3) is 0 Å².